The topological polar surface area (TPSA) is 105 Å². The van der Waals surface area contributed by atoms with E-state index in [-0.39, 0.29) is 0 Å². The van der Waals surface area contributed by atoms with Gasteiger partial charge in [-0.25, -0.2) is 11.3 Å². The van der Waals surface area contributed by atoms with Gasteiger partial charge in [0.2, 0.25) is 0 Å². The molecule has 1 saturated carbocycles. The number of rotatable bonds is 6. The van der Waals surface area contributed by atoms with Crippen molar-refractivity contribution in [2.24, 2.45) is 17.5 Å². The Kier molecular flexibility index (Phi) is 8.95. The zero-order chi connectivity index (χ0) is 21.9. The number of nitrogens with zero attached hydrogens (tertiary/aromatic N) is 1. The summed E-state index contributed by atoms with van der Waals surface area (Å²) in [6.07, 6.45) is 2.40. The number of carbonyl (C=O) groups is 1. The molecular formula is C24H30N4O2. The first-order valence-corrected chi connectivity index (χ1v) is 10.2. The summed E-state index contributed by atoms with van der Waals surface area (Å²) in [7, 11) is 0. The molecule has 0 saturated heterocycles. The second-order valence-corrected chi connectivity index (χ2v) is 6.76. The van der Waals surface area contributed by atoms with Crippen molar-refractivity contribution in [1.29, 1.82) is 0 Å². The van der Waals surface area contributed by atoms with Crippen molar-refractivity contribution in [3.63, 3.8) is 0 Å². The molecule has 1 unspecified atom stereocenters. The summed E-state index contributed by atoms with van der Waals surface area (Å²) in [5.41, 5.74) is 10.5. The monoisotopic (exact) mass is 406 g/mol. The summed E-state index contributed by atoms with van der Waals surface area (Å²) in [5.74, 6) is 12.3. The Hall–Kier alpha value is -3.27. The van der Waals surface area contributed by atoms with Crippen LogP contribution in [0.4, 0.5) is 0 Å². The van der Waals surface area contributed by atoms with Gasteiger partial charge in [-0.05, 0) is 24.3 Å². The second kappa shape index (κ2) is 11.7. The maximum absolute atomic E-state index is 12.4. The zero-order valence-corrected chi connectivity index (χ0v) is 17.5. The van der Waals surface area contributed by atoms with Crippen molar-refractivity contribution >= 4 is 11.6 Å². The fourth-order valence-corrected chi connectivity index (χ4v) is 2.81. The number of hydroxylamine groups is 1. The van der Waals surface area contributed by atoms with Crippen LogP contribution in [-0.2, 0) is 11.2 Å². The fourth-order valence-electron chi connectivity index (χ4n) is 2.81. The van der Waals surface area contributed by atoms with Gasteiger partial charge in [0.05, 0.1) is 5.70 Å². The molecule has 6 nitrogen and oxygen atoms in total. The lowest BCUT2D eigenvalue weighted by molar-refractivity contribution is -0.134. The average molecular weight is 407 g/mol. The molecule has 1 aliphatic carbocycles. The van der Waals surface area contributed by atoms with Gasteiger partial charge < -0.3 is 5.73 Å². The van der Waals surface area contributed by atoms with Crippen LogP contribution in [0.3, 0.4) is 0 Å². The van der Waals surface area contributed by atoms with Gasteiger partial charge in [-0.3, -0.25) is 15.0 Å². The number of carbonyl (C=O) groups excluding carboxylic acids is 1. The largest absolute Gasteiger partial charge is 0.396 e. The Morgan fingerprint density at radius 1 is 1.13 bits per heavy atom. The van der Waals surface area contributed by atoms with Gasteiger partial charge in [-0.15, -0.1) is 0 Å². The third-order valence-corrected chi connectivity index (χ3v) is 4.59. The molecule has 0 spiro atoms. The molecule has 0 bridgehead atoms. The molecule has 0 radical (unpaired) electrons. The van der Waals surface area contributed by atoms with Crippen LogP contribution in [0.25, 0.3) is 5.70 Å². The highest BCUT2D eigenvalue weighted by atomic mass is 16.5. The van der Waals surface area contributed by atoms with Gasteiger partial charge >= 0.3 is 0 Å². The molecule has 2 aromatic carbocycles. The molecule has 158 valence electrons. The molecule has 1 aliphatic rings. The van der Waals surface area contributed by atoms with Gasteiger partial charge in [0.25, 0.3) is 5.91 Å². The molecule has 2 aromatic rings. The van der Waals surface area contributed by atoms with E-state index in [1.807, 2.05) is 74.5 Å². The molecule has 6 heteroatoms. The molecule has 30 heavy (non-hydrogen) atoms. The number of hydrogen-bond donors (Lipinski definition) is 4. The number of hydrogen-bond acceptors (Lipinski definition) is 5. The summed E-state index contributed by atoms with van der Waals surface area (Å²) < 4.78 is 0. The lowest BCUT2D eigenvalue weighted by Gasteiger charge is -2.28. The predicted octanol–water partition coefficient (Wildman–Crippen LogP) is 3.05. The normalized spacial score (nSPS) is 14.1. The van der Waals surface area contributed by atoms with Gasteiger partial charge in [-0.1, -0.05) is 80.4 Å². The SMILES string of the molecule is CC.N/C(=C(/C#CC1CC1)N(N)C(Cc1ccccc1)C(=O)NO)c1ccccc1. The van der Waals surface area contributed by atoms with Crippen LogP contribution in [-0.4, -0.2) is 22.2 Å². The van der Waals surface area contributed by atoms with Crippen LogP contribution in [0.2, 0.25) is 0 Å². The van der Waals surface area contributed by atoms with Crippen LogP contribution >= 0.6 is 0 Å². The number of nitrogens with one attached hydrogen (secondary N) is 1. The van der Waals surface area contributed by atoms with Crippen molar-refractivity contribution in [2.45, 2.75) is 39.2 Å². The summed E-state index contributed by atoms with van der Waals surface area (Å²) in [6, 6.07) is 17.9. The standard InChI is InChI=1S/C22H24N4O2.C2H6/c23-21(18-9-5-2-6-10-18)19(14-13-16-11-12-16)26(24)20(22(27)25-28)15-17-7-3-1-4-8-17;1-2/h1-10,16,20,28H,11-12,15,23-24H2,(H,25,27);1-2H3/b21-19-;. The Bertz CT molecular complexity index is 897. The number of benzene rings is 2. The first-order valence-electron chi connectivity index (χ1n) is 10.2. The molecular weight excluding hydrogens is 376 g/mol. The quantitative estimate of drug-likeness (QED) is 0.255. The molecule has 1 atom stereocenters. The summed E-state index contributed by atoms with van der Waals surface area (Å²) >= 11 is 0. The molecule has 1 fully saturated rings. The van der Waals surface area contributed by atoms with E-state index < -0.39 is 11.9 Å². The summed E-state index contributed by atoms with van der Waals surface area (Å²) in [5, 5.41) is 10.5. The number of allylic oxidation sites excluding steroid dienone is 1. The van der Waals surface area contributed by atoms with Crippen LogP contribution in [0.15, 0.2) is 66.4 Å². The van der Waals surface area contributed by atoms with E-state index in [0.29, 0.717) is 23.7 Å². The van der Waals surface area contributed by atoms with E-state index in [2.05, 4.69) is 11.8 Å². The molecule has 0 heterocycles. The van der Waals surface area contributed by atoms with Crippen molar-refractivity contribution in [3.05, 3.63) is 77.5 Å². The second-order valence-electron chi connectivity index (χ2n) is 6.76. The highest BCUT2D eigenvalue weighted by Crippen LogP contribution is 2.28. The Balaban J connectivity index is 0.00000155. The van der Waals surface area contributed by atoms with Crippen molar-refractivity contribution in [1.82, 2.24) is 10.5 Å². The third kappa shape index (κ3) is 6.38. The maximum atomic E-state index is 12.4. The Labute approximate surface area is 178 Å². The van der Waals surface area contributed by atoms with E-state index in [4.69, 9.17) is 11.6 Å². The van der Waals surface area contributed by atoms with Gasteiger partial charge in [0.1, 0.15) is 11.7 Å². The van der Waals surface area contributed by atoms with Crippen molar-refractivity contribution < 1.29 is 10.0 Å². The van der Waals surface area contributed by atoms with E-state index in [1.165, 1.54) is 5.01 Å². The lowest BCUT2D eigenvalue weighted by atomic mass is 10.0. The molecule has 0 aliphatic heterocycles. The fraction of sp³-hybridized carbons (Fsp3) is 0.292. The average Bonchev–Trinajstić information content (AvgIpc) is 3.64. The molecule has 1 amide bonds. The minimum atomic E-state index is -0.877. The van der Waals surface area contributed by atoms with Gasteiger partial charge in [0, 0.05) is 17.9 Å². The minimum absolute atomic E-state index is 0.292. The van der Waals surface area contributed by atoms with Crippen molar-refractivity contribution in [2.75, 3.05) is 0 Å². The Morgan fingerprint density at radius 2 is 1.70 bits per heavy atom. The van der Waals surface area contributed by atoms with Crippen LogP contribution in [0.5, 0.6) is 0 Å². The van der Waals surface area contributed by atoms with E-state index >= 15 is 0 Å². The highest BCUT2D eigenvalue weighted by molar-refractivity contribution is 5.82. The summed E-state index contributed by atoms with van der Waals surface area (Å²) in [4.78, 5) is 12.4. The number of nitrogens with two attached hydrogens (primary N) is 2. The van der Waals surface area contributed by atoms with Crippen LogP contribution < -0.4 is 17.1 Å². The van der Waals surface area contributed by atoms with E-state index in [0.717, 1.165) is 24.0 Å². The van der Waals surface area contributed by atoms with Gasteiger partial charge in [0.15, 0.2) is 0 Å². The third-order valence-electron chi connectivity index (χ3n) is 4.59. The van der Waals surface area contributed by atoms with E-state index in [9.17, 15) is 10.0 Å². The van der Waals surface area contributed by atoms with Gasteiger partial charge in [-0.2, -0.15) is 0 Å². The minimum Gasteiger partial charge on any atom is -0.396 e. The van der Waals surface area contributed by atoms with Crippen molar-refractivity contribution in [3.8, 4) is 11.8 Å². The predicted molar refractivity (Wildman–Crippen MR) is 119 cm³/mol. The lowest BCUT2D eigenvalue weighted by Crippen LogP contribution is -2.50. The number of hydrazine groups is 1. The van der Waals surface area contributed by atoms with Crippen LogP contribution in [0.1, 0.15) is 37.8 Å². The first kappa shape index (κ1) is 23.0. The molecule has 6 N–H and O–H groups in total. The molecule has 0 aromatic heterocycles. The summed E-state index contributed by atoms with van der Waals surface area (Å²) in [6.45, 7) is 4.00. The first-order chi connectivity index (χ1) is 14.6. The van der Waals surface area contributed by atoms with Crippen LogP contribution in [0, 0.1) is 17.8 Å². The Morgan fingerprint density at radius 3 is 2.23 bits per heavy atom. The smallest absolute Gasteiger partial charge is 0.267 e. The highest BCUT2D eigenvalue weighted by Gasteiger charge is 2.27. The number of amides is 1. The van der Waals surface area contributed by atoms with E-state index in [1.54, 1.807) is 5.48 Å². The zero-order valence-electron chi connectivity index (χ0n) is 17.5. The maximum Gasteiger partial charge on any atom is 0.267 e. The molecule has 3 rings (SSSR count).